The number of hydrogen-bond donors (Lipinski definition) is 0. The highest BCUT2D eigenvalue weighted by atomic mass is 19.1. The van der Waals surface area contributed by atoms with Crippen LogP contribution in [0.3, 0.4) is 0 Å². The van der Waals surface area contributed by atoms with Gasteiger partial charge in [0.25, 0.3) is 0 Å². The maximum atomic E-state index is 13.4. The number of Topliss-reactive ketones (excluding diaryl/α,β-unsaturated/α-hetero) is 1. The standard InChI is InChI=1S/C15H12F2O2/c1-10(15(18)11-5-3-2-4-6-11)19-14-9-12(16)7-8-13(14)17/h2-10H,1H3. The Hall–Kier alpha value is -2.23. The minimum Gasteiger partial charge on any atom is -0.479 e. The van der Waals surface area contributed by atoms with Crippen LogP contribution in [0.15, 0.2) is 48.5 Å². The highest BCUT2D eigenvalue weighted by molar-refractivity contribution is 5.99. The summed E-state index contributed by atoms with van der Waals surface area (Å²) in [6.07, 6.45) is -0.890. The topological polar surface area (TPSA) is 26.3 Å². The highest BCUT2D eigenvalue weighted by Gasteiger charge is 2.18. The van der Waals surface area contributed by atoms with Crippen molar-refractivity contribution in [3.8, 4) is 5.75 Å². The van der Waals surface area contributed by atoms with Crippen LogP contribution in [-0.2, 0) is 0 Å². The Labute approximate surface area is 109 Å². The molecule has 0 saturated heterocycles. The van der Waals surface area contributed by atoms with Crippen LogP contribution >= 0.6 is 0 Å². The first-order valence-electron chi connectivity index (χ1n) is 5.79. The predicted octanol–water partition coefficient (Wildman–Crippen LogP) is 3.62. The first-order chi connectivity index (χ1) is 9.08. The van der Waals surface area contributed by atoms with E-state index in [2.05, 4.69) is 0 Å². The lowest BCUT2D eigenvalue weighted by Gasteiger charge is -2.14. The number of benzene rings is 2. The fourth-order valence-electron chi connectivity index (χ4n) is 1.65. The maximum absolute atomic E-state index is 13.4. The van der Waals surface area contributed by atoms with Crippen molar-refractivity contribution in [2.75, 3.05) is 0 Å². The van der Waals surface area contributed by atoms with Crippen molar-refractivity contribution in [3.05, 3.63) is 65.7 Å². The smallest absolute Gasteiger partial charge is 0.202 e. The molecule has 0 aromatic heterocycles. The number of halogens is 2. The van der Waals surface area contributed by atoms with Gasteiger partial charge in [0.15, 0.2) is 17.7 Å². The molecule has 2 aromatic rings. The molecule has 0 aliphatic heterocycles. The summed E-state index contributed by atoms with van der Waals surface area (Å²) in [5.41, 5.74) is 0.465. The number of ketones is 1. The first-order valence-corrected chi connectivity index (χ1v) is 5.79. The van der Waals surface area contributed by atoms with Crippen LogP contribution in [0.1, 0.15) is 17.3 Å². The largest absolute Gasteiger partial charge is 0.479 e. The molecule has 0 spiro atoms. The Kier molecular flexibility index (Phi) is 3.90. The summed E-state index contributed by atoms with van der Waals surface area (Å²) in [7, 11) is 0. The third-order valence-electron chi connectivity index (χ3n) is 2.62. The van der Waals surface area contributed by atoms with Crippen molar-refractivity contribution in [1.82, 2.24) is 0 Å². The van der Waals surface area contributed by atoms with E-state index < -0.39 is 17.7 Å². The van der Waals surface area contributed by atoms with E-state index in [1.165, 1.54) is 6.92 Å². The summed E-state index contributed by atoms with van der Waals surface area (Å²) in [4.78, 5) is 12.0. The number of carbonyl (C=O) groups is 1. The number of ether oxygens (including phenoxy) is 1. The molecule has 1 atom stereocenters. The van der Waals surface area contributed by atoms with Crippen molar-refractivity contribution < 1.29 is 18.3 Å². The molecule has 0 amide bonds. The van der Waals surface area contributed by atoms with Gasteiger partial charge in [-0.05, 0) is 19.1 Å². The Morgan fingerprint density at radius 3 is 2.47 bits per heavy atom. The average molecular weight is 262 g/mol. The van der Waals surface area contributed by atoms with E-state index in [1.807, 2.05) is 0 Å². The second-order valence-electron chi connectivity index (χ2n) is 4.07. The average Bonchev–Trinajstić information content (AvgIpc) is 2.43. The Morgan fingerprint density at radius 1 is 1.11 bits per heavy atom. The molecule has 0 saturated carbocycles. The zero-order valence-corrected chi connectivity index (χ0v) is 10.3. The zero-order chi connectivity index (χ0) is 13.8. The molecule has 4 heteroatoms. The van der Waals surface area contributed by atoms with Gasteiger partial charge in [-0.15, -0.1) is 0 Å². The minimum atomic E-state index is -0.890. The van der Waals surface area contributed by atoms with Gasteiger partial charge in [0.1, 0.15) is 5.82 Å². The zero-order valence-electron chi connectivity index (χ0n) is 10.3. The first kappa shape index (κ1) is 13.2. The summed E-state index contributed by atoms with van der Waals surface area (Å²) >= 11 is 0. The van der Waals surface area contributed by atoms with Gasteiger partial charge < -0.3 is 4.74 Å². The third-order valence-corrected chi connectivity index (χ3v) is 2.62. The molecule has 0 N–H and O–H groups in total. The molecule has 0 fully saturated rings. The lowest BCUT2D eigenvalue weighted by atomic mass is 10.1. The summed E-state index contributed by atoms with van der Waals surface area (Å²) in [5, 5.41) is 0. The molecular weight excluding hydrogens is 250 g/mol. The molecule has 98 valence electrons. The van der Waals surface area contributed by atoms with Gasteiger partial charge in [-0.3, -0.25) is 4.79 Å². The lowest BCUT2D eigenvalue weighted by Crippen LogP contribution is -2.24. The normalized spacial score (nSPS) is 11.9. The molecule has 0 aliphatic carbocycles. The van der Waals surface area contributed by atoms with E-state index in [9.17, 15) is 13.6 Å². The molecule has 0 aliphatic rings. The number of carbonyl (C=O) groups excluding carboxylic acids is 1. The molecule has 2 aromatic carbocycles. The van der Waals surface area contributed by atoms with Gasteiger partial charge in [0.2, 0.25) is 5.78 Å². The quantitative estimate of drug-likeness (QED) is 0.787. The molecule has 19 heavy (non-hydrogen) atoms. The van der Waals surface area contributed by atoms with E-state index in [0.29, 0.717) is 5.56 Å². The van der Waals surface area contributed by atoms with Gasteiger partial charge in [0, 0.05) is 11.6 Å². The fraction of sp³-hybridized carbons (Fsp3) is 0.133. The lowest BCUT2D eigenvalue weighted by molar-refractivity contribution is 0.0811. The van der Waals surface area contributed by atoms with Crippen molar-refractivity contribution in [2.45, 2.75) is 13.0 Å². The Bertz CT molecular complexity index is 582. The molecule has 2 nitrogen and oxygen atoms in total. The van der Waals surface area contributed by atoms with E-state index >= 15 is 0 Å². The Balaban J connectivity index is 2.15. The van der Waals surface area contributed by atoms with Gasteiger partial charge in [-0.25, -0.2) is 8.78 Å². The van der Waals surface area contributed by atoms with Crippen LogP contribution in [-0.4, -0.2) is 11.9 Å². The Morgan fingerprint density at radius 2 is 1.79 bits per heavy atom. The van der Waals surface area contributed by atoms with Crippen LogP contribution in [0.4, 0.5) is 8.78 Å². The fourth-order valence-corrected chi connectivity index (χ4v) is 1.65. The number of rotatable bonds is 4. The summed E-state index contributed by atoms with van der Waals surface area (Å²) in [5.74, 6) is -1.87. The van der Waals surface area contributed by atoms with Gasteiger partial charge in [-0.2, -0.15) is 0 Å². The van der Waals surface area contributed by atoms with Crippen LogP contribution in [0.25, 0.3) is 0 Å². The second-order valence-corrected chi connectivity index (χ2v) is 4.07. The summed E-state index contributed by atoms with van der Waals surface area (Å²) in [6.45, 7) is 1.50. The SMILES string of the molecule is CC(Oc1cc(F)ccc1F)C(=O)c1ccccc1. The van der Waals surface area contributed by atoms with Crippen molar-refractivity contribution in [2.24, 2.45) is 0 Å². The molecular formula is C15H12F2O2. The maximum Gasteiger partial charge on any atom is 0.202 e. The predicted molar refractivity (Wildman–Crippen MR) is 67.2 cm³/mol. The second kappa shape index (κ2) is 5.61. The van der Waals surface area contributed by atoms with Gasteiger partial charge in [-0.1, -0.05) is 30.3 Å². The van der Waals surface area contributed by atoms with E-state index in [1.54, 1.807) is 30.3 Å². The van der Waals surface area contributed by atoms with Crippen molar-refractivity contribution in [3.63, 3.8) is 0 Å². The van der Waals surface area contributed by atoms with Crippen LogP contribution in [0, 0.1) is 11.6 Å². The highest BCUT2D eigenvalue weighted by Crippen LogP contribution is 2.20. The van der Waals surface area contributed by atoms with Gasteiger partial charge >= 0.3 is 0 Å². The van der Waals surface area contributed by atoms with Gasteiger partial charge in [0.05, 0.1) is 0 Å². The molecule has 1 unspecified atom stereocenters. The van der Waals surface area contributed by atoms with E-state index in [-0.39, 0.29) is 11.5 Å². The summed E-state index contributed by atoms with van der Waals surface area (Å²) < 4.78 is 31.6. The molecule has 0 radical (unpaired) electrons. The molecule has 0 bridgehead atoms. The molecule has 0 heterocycles. The van der Waals surface area contributed by atoms with Crippen LogP contribution in [0.5, 0.6) is 5.75 Å². The van der Waals surface area contributed by atoms with Crippen molar-refractivity contribution >= 4 is 5.78 Å². The van der Waals surface area contributed by atoms with E-state index in [0.717, 1.165) is 18.2 Å². The number of hydrogen-bond acceptors (Lipinski definition) is 2. The minimum absolute atomic E-state index is 0.267. The van der Waals surface area contributed by atoms with E-state index in [4.69, 9.17) is 4.74 Å². The monoisotopic (exact) mass is 262 g/mol. The van der Waals surface area contributed by atoms with Crippen LogP contribution < -0.4 is 4.74 Å². The molecule has 2 rings (SSSR count). The van der Waals surface area contributed by atoms with Crippen LogP contribution in [0.2, 0.25) is 0 Å². The van der Waals surface area contributed by atoms with Crippen molar-refractivity contribution in [1.29, 1.82) is 0 Å². The third kappa shape index (κ3) is 3.16. The summed E-state index contributed by atoms with van der Waals surface area (Å²) in [6, 6.07) is 11.4.